The first-order valence-corrected chi connectivity index (χ1v) is 10.1. The summed E-state index contributed by atoms with van der Waals surface area (Å²) in [5, 5.41) is 16.0. The molecule has 1 aliphatic carbocycles. The average molecular weight is 427 g/mol. The number of ether oxygens (including phenoxy) is 1. The van der Waals surface area contributed by atoms with E-state index in [0.717, 1.165) is 0 Å². The summed E-state index contributed by atoms with van der Waals surface area (Å²) < 4.78 is 19.4. The lowest BCUT2D eigenvalue weighted by molar-refractivity contribution is 0.0475. The number of fused-ring (bicyclic) bond motifs is 1. The molecule has 0 aliphatic heterocycles. The zero-order chi connectivity index (χ0) is 21.8. The van der Waals surface area contributed by atoms with E-state index in [1.165, 1.54) is 16.4 Å². The van der Waals surface area contributed by atoms with Crippen molar-refractivity contribution in [1.29, 1.82) is 0 Å². The molecular formula is C19H27FN4O4S. The first-order valence-electron chi connectivity index (χ1n) is 9.46. The Hall–Kier alpha value is -2.49. The molecule has 160 valence electrons. The second kappa shape index (κ2) is 9.34. The maximum atomic E-state index is 13.0. The summed E-state index contributed by atoms with van der Waals surface area (Å²) in [7, 11) is 0. The number of halogens is 1. The van der Waals surface area contributed by atoms with Crippen LogP contribution in [0.4, 0.5) is 14.4 Å². The van der Waals surface area contributed by atoms with Gasteiger partial charge in [-0.05, 0) is 39.7 Å². The Kier molecular flexibility index (Phi) is 7.34. The van der Waals surface area contributed by atoms with Crippen molar-refractivity contribution in [3.8, 4) is 0 Å². The molecule has 0 atom stereocenters. The summed E-state index contributed by atoms with van der Waals surface area (Å²) in [6, 6.07) is 1.56. The fourth-order valence-corrected chi connectivity index (χ4v) is 3.29. The van der Waals surface area contributed by atoms with Gasteiger partial charge in [0.05, 0.1) is 5.69 Å². The number of anilines is 1. The largest absolute Gasteiger partial charge is 0.478 e. The van der Waals surface area contributed by atoms with Crippen LogP contribution in [0.3, 0.4) is 0 Å². The molecule has 1 saturated carbocycles. The van der Waals surface area contributed by atoms with Crippen LogP contribution in [-0.2, 0) is 4.74 Å². The third kappa shape index (κ3) is 5.53. The van der Waals surface area contributed by atoms with Gasteiger partial charge in [0.25, 0.3) is 0 Å². The van der Waals surface area contributed by atoms with E-state index in [1.54, 1.807) is 26.8 Å². The third-order valence-corrected chi connectivity index (χ3v) is 4.64. The number of aromatic nitrogens is 2. The van der Waals surface area contributed by atoms with Gasteiger partial charge >= 0.3 is 12.1 Å². The van der Waals surface area contributed by atoms with Crippen LogP contribution in [0.2, 0.25) is 0 Å². The predicted octanol–water partition coefficient (Wildman–Crippen LogP) is 4.61. The maximum Gasteiger partial charge on any atom is 0.407 e. The second-order valence-electron chi connectivity index (χ2n) is 7.46. The quantitative estimate of drug-likeness (QED) is 0.641. The minimum Gasteiger partial charge on any atom is -0.478 e. The zero-order valence-corrected chi connectivity index (χ0v) is 18.0. The van der Waals surface area contributed by atoms with Gasteiger partial charge in [-0.15, -0.1) is 3.89 Å². The number of carboxylic acid groups (broad SMARTS) is 1. The van der Waals surface area contributed by atoms with Crippen molar-refractivity contribution in [3.05, 3.63) is 24.0 Å². The predicted molar refractivity (Wildman–Crippen MR) is 112 cm³/mol. The van der Waals surface area contributed by atoms with Gasteiger partial charge in [0.15, 0.2) is 18.0 Å². The minimum atomic E-state index is -1.12. The molecule has 0 unspecified atom stereocenters. The van der Waals surface area contributed by atoms with Crippen molar-refractivity contribution >= 4 is 41.1 Å². The summed E-state index contributed by atoms with van der Waals surface area (Å²) >= 11 is -0.00429. The highest BCUT2D eigenvalue weighted by atomic mass is 32.2. The summed E-state index contributed by atoms with van der Waals surface area (Å²) in [6.45, 7) is 9.38. The van der Waals surface area contributed by atoms with Crippen LogP contribution in [-0.4, -0.2) is 43.8 Å². The highest BCUT2D eigenvalue weighted by Crippen LogP contribution is 2.33. The van der Waals surface area contributed by atoms with Crippen LogP contribution in [0.5, 0.6) is 0 Å². The van der Waals surface area contributed by atoms with E-state index in [4.69, 9.17) is 4.74 Å². The molecule has 3 rings (SSSR count). The van der Waals surface area contributed by atoms with E-state index in [-0.39, 0.29) is 30.0 Å². The lowest BCUT2D eigenvalue weighted by Gasteiger charge is -2.37. The molecule has 1 amide bonds. The van der Waals surface area contributed by atoms with Crippen LogP contribution in [0.15, 0.2) is 18.5 Å². The second-order valence-corrected chi connectivity index (χ2v) is 7.99. The van der Waals surface area contributed by atoms with Crippen LogP contribution in [0.1, 0.15) is 57.8 Å². The van der Waals surface area contributed by atoms with Gasteiger partial charge in [0.1, 0.15) is 11.2 Å². The summed E-state index contributed by atoms with van der Waals surface area (Å²) in [5.41, 5.74) is 0.206. The molecule has 10 heteroatoms. The van der Waals surface area contributed by atoms with Crippen molar-refractivity contribution in [2.45, 2.75) is 65.1 Å². The van der Waals surface area contributed by atoms with E-state index >= 15 is 0 Å². The highest BCUT2D eigenvalue weighted by Gasteiger charge is 2.33. The number of nitrogens with one attached hydrogen (secondary N) is 2. The van der Waals surface area contributed by atoms with E-state index in [9.17, 15) is 18.6 Å². The number of hydrogen-bond acceptors (Lipinski definition) is 6. The molecular weight excluding hydrogens is 399 g/mol. The van der Waals surface area contributed by atoms with Gasteiger partial charge in [-0.25, -0.2) is 18.5 Å². The molecule has 0 spiro atoms. The molecule has 8 nitrogen and oxygen atoms in total. The van der Waals surface area contributed by atoms with Gasteiger partial charge in [-0.2, -0.15) is 0 Å². The lowest BCUT2D eigenvalue weighted by atomic mass is 9.86. The fraction of sp³-hybridized carbons (Fsp3) is 0.526. The normalized spacial score (nSPS) is 18.3. The number of carboxylic acids is 1. The van der Waals surface area contributed by atoms with Crippen molar-refractivity contribution in [2.75, 3.05) is 5.32 Å². The smallest absolute Gasteiger partial charge is 0.407 e. The van der Waals surface area contributed by atoms with Crippen LogP contribution in [0.25, 0.3) is 11.0 Å². The van der Waals surface area contributed by atoms with Crippen LogP contribution < -0.4 is 10.6 Å². The Labute approximate surface area is 173 Å². The van der Waals surface area contributed by atoms with Gasteiger partial charge in [0.2, 0.25) is 0 Å². The number of rotatable bonds is 5. The topological polar surface area (TPSA) is 105 Å². The van der Waals surface area contributed by atoms with Crippen molar-refractivity contribution in [3.63, 3.8) is 0 Å². The third-order valence-electron chi connectivity index (χ3n) is 4.19. The van der Waals surface area contributed by atoms with Gasteiger partial charge in [-0.1, -0.05) is 13.8 Å². The Balaban J connectivity index is 0.00000145. The Morgan fingerprint density at radius 2 is 1.97 bits per heavy atom. The van der Waals surface area contributed by atoms with Gasteiger partial charge < -0.3 is 20.5 Å². The molecule has 0 saturated heterocycles. The number of amides is 1. The van der Waals surface area contributed by atoms with Crippen LogP contribution >= 0.6 is 12.3 Å². The number of nitrogens with zero attached hydrogens (tertiary/aromatic N) is 2. The van der Waals surface area contributed by atoms with Crippen molar-refractivity contribution < 1.29 is 23.3 Å². The monoisotopic (exact) mass is 426 g/mol. The molecule has 3 N–H and O–H groups in total. The molecule has 29 heavy (non-hydrogen) atoms. The molecule has 1 aliphatic rings. The molecule has 0 bridgehead atoms. The van der Waals surface area contributed by atoms with E-state index in [1.807, 2.05) is 13.8 Å². The van der Waals surface area contributed by atoms with E-state index in [2.05, 4.69) is 15.6 Å². The number of carbonyl (C=O) groups is 2. The molecule has 2 aromatic rings. The summed E-state index contributed by atoms with van der Waals surface area (Å²) in [4.78, 5) is 27.4. The van der Waals surface area contributed by atoms with Gasteiger partial charge in [-0.3, -0.25) is 0 Å². The maximum absolute atomic E-state index is 13.0. The molecule has 2 heterocycles. The number of alkyl carbamates (subject to hydrolysis) is 1. The molecule has 1 fully saturated rings. The van der Waals surface area contributed by atoms with Crippen molar-refractivity contribution in [2.24, 2.45) is 0 Å². The Morgan fingerprint density at radius 3 is 2.52 bits per heavy atom. The molecule has 0 radical (unpaired) electrons. The first-order chi connectivity index (χ1) is 13.7. The van der Waals surface area contributed by atoms with Crippen molar-refractivity contribution in [1.82, 2.24) is 14.3 Å². The summed E-state index contributed by atoms with van der Waals surface area (Å²) in [5.74, 6) is -1.12. The number of pyridine rings is 1. The minimum absolute atomic E-state index is 0.00429. The Bertz CT molecular complexity index is 875. The standard InChI is InChI=1S/C17H21FN4O4S.C2H6/c1-17(2,3)26-16(25)21-10-6-9(7-10)20-13-11-4-5-22(27-18)14(11)19-8-12(13)15(23)24;1-2/h4-5,8-10H,6-7H2,1-3H3,(H,19,20)(H,21,25)(H,23,24);1-2H3. The van der Waals surface area contributed by atoms with Gasteiger partial charge in [0, 0.05) is 29.9 Å². The molecule has 2 aromatic heterocycles. The fourth-order valence-electron chi connectivity index (χ4n) is 2.97. The highest BCUT2D eigenvalue weighted by molar-refractivity contribution is 7.92. The van der Waals surface area contributed by atoms with Crippen LogP contribution in [0, 0.1) is 0 Å². The first kappa shape index (κ1) is 22.8. The lowest BCUT2D eigenvalue weighted by Crippen LogP contribution is -2.50. The van der Waals surface area contributed by atoms with E-state index in [0.29, 0.717) is 29.6 Å². The number of carbonyl (C=O) groups excluding carboxylic acids is 1. The van der Waals surface area contributed by atoms with E-state index < -0.39 is 17.7 Å². The Morgan fingerprint density at radius 1 is 1.31 bits per heavy atom. The number of aromatic carboxylic acids is 1. The average Bonchev–Trinajstić information content (AvgIpc) is 3.03. The zero-order valence-electron chi connectivity index (χ0n) is 17.2. The SMILES string of the molecule is CC.CC(C)(C)OC(=O)NC1CC(Nc2c(C(=O)O)cnc3c2ccn3SF)C1. The number of hydrogen-bond donors (Lipinski definition) is 3. The molecule has 0 aromatic carbocycles. The summed E-state index contributed by atoms with van der Waals surface area (Å²) in [6.07, 6.45) is 3.49.